The second-order valence-electron chi connectivity index (χ2n) is 10.2. The number of piperidine rings is 1. The number of nitrogens with zero attached hydrogens (tertiary/aromatic N) is 2. The van der Waals surface area contributed by atoms with Gasteiger partial charge < -0.3 is 4.90 Å². The molecule has 160 valence electrons. The van der Waals surface area contributed by atoms with E-state index in [4.69, 9.17) is 0 Å². The minimum Gasteiger partial charge on any atom is -0.335 e. The van der Waals surface area contributed by atoms with Crippen LogP contribution in [0.3, 0.4) is 0 Å². The van der Waals surface area contributed by atoms with Crippen molar-refractivity contribution in [1.29, 1.82) is 0 Å². The molecule has 3 aliphatic rings. The lowest BCUT2D eigenvalue weighted by Gasteiger charge is -2.44. The molecule has 0 spiro atoms. The smallest absolute Gasteiger partial charge is 0.254 e. The predicted molar refractivity (Wildman–Crippen MR) is 114 cm³/mol. The van der Waals surface area contributed by atoms with E-state index in [9.17, 15) is 13.2 Å². The number of carbonyl (C=O) groups is 1. The van der Waals surface area contributed by atoms with Gasteiger partial charge in [0.1, 0.15) is 0 Å². The Hall–Kier alpha value is -1.40. The monoisotopic (exact) mass is 418 g/mol. The first-order chi connectivity index (χ1) is 13.6. The fraction of sp³-hybridized carbons (Fsp3) is 0.696. The highest BCUT2D eigenvalue weighted by Crippen LogP contribution is 2.56. The van der Waals surface area contributed by atoms with Gasteiger partial charge in [0, 0.05) is 31.2 Å². The molecule has 0 aromatic heterocycles. The molecule has 0 unspecified atom stereocenters. The molecule has 1 aliphatic carbocycles. The van der Waals surface area contributed by atoms with Crippen LogP contribution < -0.4 is 0 Å². The van der Waals surface area contributed by atoms with E-state index in [1.54, 1.807) is 22.5 Å². The summed E-state index contributed by atoms with van der Waals surface area (Å²) in [5.74, 6) is -0.0217. The van der Waals surface area contributed by atoms with Crippen LogP contribution in [0.15, 0.2) is 23.1 Å². The average molecular weight is 419 g/mol. The Morgan fingerprint density at radius 3 is 2.45 bits per heavy atom. The third-order valence-electron chi connectivity index (χ3n) is 8.01. The van der Waals surface area contributed by atoms with Crippen LogP contribution in [0.4, 0.5) is 0 Å². The Morgan fingerprint density at radius 1 is 1.10 bits per heavy atom. The number of hydrogen-bond acceptors (Lipinski definition) is 3. The van der Waals surface area contributed by atoms with Crippen molar-refractivity contribution in [3.8, 4) is 0 Å². The lowest BCUT2D eigenvalue weighted by Crippen LogP contribution is -2.38. The van der Waals surface area contributed by atoms with Crippen LogP contribution >= 0.6 is 0 Å². The van der Waals surface area contributed by atoms with Gasteiger partial charge in [0.05, 0.1) is 4.90 Å². The molecule has 0 radical (unpaired) electrons. The van der Waals surface area contributed by atoms with Gasteiger partial charge in [-0.1, -0.05) is 33.3 Å². The summed E-state index contributed by atoms with van der Waals surface area (Å²) in [5.41, 5.74) is 1.55. The summed E-state index contributed by atoms with van der Waals surface area (Å²) in [6, 6.07) is 5.47. The van der Waals surface area contributed by atoms with Crippen molar-refractivity contribution in [3.05, 3.63) is 29.3 Å². The third kappa shape index (κ3) is 3.42. The first-order valence-electron chi connectivity index (χ1n) is 11.0. The molecule has 2 aliphatic heterocycles. The van der Waals surface area contributed by atoms with E-state index in [0.29, 0.717) is 29.1 Å². The summed E-state index contributed by atoms with van der Waals surface area (Å²) < 4.78 is 28.0. The van der Waals surface area contributed by atoms with Crippen LogP contribution in [0.5, 0.6) is 0 Å². The number of rotatable bonds is 3. The summed E-state index contributed by atoms with van der Waals surface area (Å²) in [6.07, 6.45) is 6.08. The SMILES string of the molecule is Cc1ccc(C(=O)N2C[C@]3(C)C[C@@H]2CCC3(C)C)cc1S(=O)(=O)N1CCCCC1. The van der Waals surface area contributed by atoms with Crippen molar-refractivity contribution in [2.45, 2.75) is 77.2 Å². The van der Waals surface area contributed by atoms with Gasteiger partial charge in [0.25, 0.3) is 5.91 Å². The number of carbonyl (C=O) groups excluding carboxylic acids is 1. The van der Waals surface area contributed by atoms with Gasteiger partial charge in [-0.15, -0.1) is 0 Å². The van der Waals surface area contributed by atoms with E-state index in [0.717, 1.165) is 45.1 Å². The second-order valence-corrected chi connectivity index (χ2v) is 12.1. The maximum atomic E-state index is 13.4. The molecule has 1 aromatic rings. The highest BCUT2D eigenvalue weighted by atomic mass is 32.2. The van der Waals surface area contributed by atoms with E-state index in [1.807, 2.05) is 11.8 Å². The minimum atomic E-state index is -3.56. The Kier molecular flexibility index (Phi) is 5.10. The maximum absolute atomic E-state index is 13.4. The van der Waals surface area contributed by atoms with E-state index in [1.165, 1.54) is 0 Å². The number of hydrogen-bond donors (Lipinski definition) is 0. The van der Waals surface area contributed by atoms with Gasteiger partial charge in [0.15, 0.2) is 0 Å². The van der Waals surface area contributed by atoms with E-state index >= 15 is 0 Å². The van der Waals surface area contributed by atoms with Crippen LogP contribution in [-0.2, 0) is 10.0 Å². The molecule has 2 bridgehead atoms. The minimum absolute atomic E-state index is 0.0217. The zero-order valence-corrected chi connectivity index (χ0v) is 19.0. The summed E-state index contributed by atoms with van der Waals surface area (Å²) in [5, 5.41) is 0. The van der Waals surface area contributed by atoms with Crippen LogP contribution in [0, 0.1) is 17.8 Å². The summed E-state index contributed by atoms with van der Waals surface area (Å²) in [7, 11) is -3.56. The van der Waals surface area contributed by atoms with Crippen molar-refractivity contribution in [3.63, 3.8) is 0 Å². The molecule has 1 amide bonds. The number of benzene rings is 1. The molecule has 1 aromatic carbocycles. The van der Waals surface area contributed by atoms with Gasteiger partial charge in [-0.05, 0) is 67.6 Å². The molecular formula is C23H34N2O3S. The van der Waals surface area contributed by atoms with Crippen molar-refractivity contribution >= 4 is 15.9 Å². The van der Waals surface area contributed by atoms with E-state index < -0.39 is 10.0 Å². The van der Waals surface area contributed by atoms with Gasteiger partial charge in [-0.25, -0.2) is 8.42 Å². The maximum Gasteiger partial charge on any atom is 0.254 e. The molecule has 2 heterocycles. The molecule has 5 nitrogen and oxygen atoms in total. The summed E-state index contributed by atoms with van der Waals surface area (Å²) in [4.78, 5) is 15.7. The zero-order valence-electron chi connectivity index (χ0n) is 18.2. The molecule has 2 saturated heterocycles. The van der Waals surface area contributed by atoms with Crippen molar-refractivity contribution in [1.82, 2.24) is 9.21 Å². The first kappa shape index (κ1) is 20.9. The van der Waals surface area contributed by atoms with Gasteiger partial charge in [0.2, 0.25) is 10.0 Å². The van der Waals surface area contributed by atoms with Gasteiger partial charge in [-0.2, -0.15) is 4.31 Å². The van der Waals surface area contributed by atoms with Crippen LogP contribution in [-0.4, -0.2) is 49.2 Å². The molecule has 3 fully saturated rings. The average Bonchev–Trinajstić information content (AvgIpc) is 3.01. The normalized spacial score (nSPS) is 29.8. The Labute approximate surface area is 175 Å². The standard InChI is InChI=1S/C23H34N2O3S/c1-17-8-9-18(14-20(17)29(27,28)24-12-6-5-7-13-24)21(26)25-16-23(4)15-19(25)10-11-22(23,2)3/h8-9,14,19H,5-7,10-13,15-16H2,1-4H3/t19-,23-/m0/s1. The zero-order chi connectivity index (χ0) is 21.0. The Morgan fingerprint density at radius 2 is 1.79 bits per heavy atom. The molecule has 2 atom stereocenters. The molecule has 29 heavy (non-hydrogen) atoms. The molecule has 4 rings (SSSR count). The van der Waals surface area contributed by atoms with Gasteiger partial charge in [-0.3, -0.25) is 4.79 Å². The molecule has 0 N–H and O–H groups in total. The van der Waals surface area contributed by atoms with Gasteiger partial charge >= 0.3 is 0 Å². The third-order valence-corrected chi connectivity index (χ3v) is 10.1. The topological polar surface area (TPSA) is 57.7 Å². The van der Waals surface area contributed by atoms with Crippen molar-refractivity contribution < 1.29 is 13.2 Å². The highest BCUT2D eigenvalue weighted by molar-refractivity contribution is 7.89. The predicted octanol–water partition coefficient (Wildman–Crippen LogP) is 4.21. The Bertz CT molecular complexity index is 918. The number of sulfonamides is 1. The second kappa shape index (κ2) is 7.09. The van der Waals surface area contributed by atoms with Crippen LogP contribution in [0.25, 0.3) is 0 Å². The number of aryl methyl sites for hydroxylation is 1. The molecular weight excluding hydrogens is 384 g/mol. The molecule has 6 heteroatoms. The Balaban J connectivity index is 1.63. The first-order valence-corrected chi connectivity index (χ1v) is 12.4. The summed E-state index contributed by atoms with van der Waals surface area (Å²) in [6.45, 7) is 10.6. The van der Waals surface area contributed by atoms with E-state index in [-0.39, 0.29) is 22.8 Å². The van der Waals surface area contributed by atoms with Crippen LogP contribution in [0.1, 0.15) is 75.2 Å². The number of fused-ring (bicyclic) bond motifs is 2. The number of likely N-dealkylation sites (tertiary alicyclic amines) is 1. The fourth-order valence-electron chi connectivity index (χ4n) is 5.44. The largest absolute Gasteiger partial charge is 0.335 e. The lowest BCUT2D eigenvalue weighted by atomic mass is 9.60. The number of amides is 1. The fourth-order valence-corrected chi connectivity index (χ4v) is 7.20. The highest BCUT2D eigenvalue weighted by Gasteiger charge is 2.54. The summed E-state index contributed by atoms with van der Waals surface area (Å²) >= 11 is 0. The van der Waals surface area contributed by atoms with Crippen LogP contribution in [0.2, 0.25) is 0 Å². The molecule has 1 saturated carbocycles. The van der Waals surface area contributed by atoms with E-state index in [2.05, 4.69) is 20.8 Å². The quantitative estimate of drug-likeness (QED) is 0.739. The van der Waals surface area contributed by atoms with Crippen molar-refractivity contribution in [2.24, 2.45) is 10.8 Å². The lowest BCUT2D eigenvalue weighted by molar-refractivity contribution is 0.0692. The van der Waals surface area contributed by atoms with Crippen molar-refractivity contribution in [2.75, 3.05) is 19.6 Å².